The van der Waals surface area contributed by atoms with Crippen LogP contribution in [-0.4, -0.2) is 25.3 Å². The molecule has 72 valence electrons. The molecule has 1 saturated carbocycles. The van der Waals surface area contributed by atoms with Crippen LogP contribution in [0.5, 0.6) is 0 Å². The number of hydrogen-bond acceptors (Lipinski definition) is 2. The van der Waals surface area contributed by atoms with Crippen molar-refractivity contribution < 1.29 is 4.74 Å². The van der Waals surface area contributed by atoms with Crippen molar-refractivity contribution in [3.63, 3.8) is 0 Å². The molecule has 0 radical (unpaired) electrons. The van der Waals surface area contributed by atoms with Crippen LogP contribution in [0.4, 0.5) is 0 Å². The molecule has 12 heavy (non-hydrogen) atoms. The van der Waals surface area contributed by atoms with E-state index in [2.05, 4.69) is 19.2 Å². The van der Waals surface area contributed by atoms with E-state index in [1.807, 2.05) is 7.11 Å². The Balaban J connectivity index is 2.25. The Kier molecular flexibility index (Phi) is 4.02. The summed E-state index contributed by atoms with van der Waals surface area (Å²) in [6.07, 6.45) is 5.55. The lowest BCUT2D eigenvalue weighted by molar-refractivity contribution is 0.0576. The zero-order chi connectivity index (χ0) is 8.97. The second kappa shape index (κ2) is 4.83. The summed E-state index contributed by atoms with van der Waals surface area (Å²) in [6, 6.07) is 1.29. The zero-order valence-electron chi connectivity index (χ0n) is 8.47. The number of ether oxygens (including phenoxy) is 1. The van der Waals surface area contributed by atoms with Crippen molar-refractivity contribution in [2.45, 2.75) is 57.7 Å². The van der Waals surface area contributed by atoms with Gasteiger partial charge in [-0.15, -0.1) is 0 Å². The predicted molar refractivity (Wildman–Crippen MR) is 51.3 cm³/mol. The van der Waals surface area contributed by atoms with Gasteiger partial charge in [-0.2, -0.15) is 0 Å². The molecule has 1 rings (SSSR count). The fourth-order valence-electron chi connectivity index (χ4n) is 1.98. The van der Waals surface area contributed by atoms with E-state index in [4.69, 9.17) is 4.74 Å². The highest BCUT2D eigenvalue weighted by atomic mass is 16.5. The number of methoxy groups -OCH3 is 1. The Morgan fingerprint density at radius 3 is 2.67 bits per heavy atom. The zero-order valence-corrected chi connectivity index (χ0v) is 8.47. The summed E-state index contributed by atoms with van der Waals surface area (Å²) in [4.78, 5) is 0. The molecule has 0 saturated heterocycles. The van der Waals surface area contributed by atoms with E-state index < -0.39 is 0 Å². The van der Waals surface area contributed by atoms with Gasteiger partial charge in [-0.05, 0) is 25.7 Å². The molecule has 0 bridgehead atoms. The smallest absolute Gasteiger partial charge is 0.0586 e. The Morgan fingerprint density at radius 2 is 2.08 bits per heavy atom. The minimum atomic E-state index is 0.495. The summed E-state index contributed by atoms with van der Waals surface area (Å²) >= 11 is 0. The van der Waals surface area contributed by atoms with Gasteiger partial charge in [0.2, 0.25) is 0 Å². The van der Waals surface area contributed by atoms with Crippen molar-refractivity contribution in [2.75, 3.05) is 7.11 Å². The topological polar surface area (TPSA) is 21.3 Å². The summed E-state index contributed by atoms with van der Waals surface area (Å²) < 4.78 is 5.36. The third-order valence-electron chi connectivity index (χ3n) is 2.53. The second-order valence-electron chi connectivity index (χ2n) is 4.04. The first-order chi connectivity index (χ1) is 5.72. The predicted octanol–water partition coefficient (Wildman–Crippen LogP) is 1.94. The van der Waals surface area contributed by atoms with E-state index in [-0.39, 0.29) is 0 Å². The van der Waals surface area contributed by atoms with Crippen LogP contribution in [0.3, 0.4) is 0 Å². The Bertz CT molecular complexity index is 125. The van der Waals surface area contributed by atoms with Crippen LogP contribution >= 0.6 is 0 Å². The second-order valence-corrected chi connectivity index (χ2v) is 4.04. The van der Waals surface area contributed by atoms with E-state index in [1.54, 1.807) is 0 Å². The molecule has 0 aromatic heterocycles. The third kappa shape index (κ3) is 3.11. The average Bonchev–Trinajstić information content (AvgIpc) is 2.03. The Hall–Kier alpha value is -0.0800. The summed E-state index contributed by atoms with van der Waals surface area (Å²) in [5.74, 6) is 0. The van der Waals surface area contributed by atoms with E-state index in [0.29, 0.717) is 18.2 Å². The van der Waals surface area contributed by atoms with E-state index in [1.165, 1.54) is 25.7 Å². The highest BCUT2D eigenvalue weighted by Crippen LogP contribution is 2.20. The van der Waals surface area contributed by atoms with Crippen molar-refractivity contribution in [3.8, 4) is 0 Å². The van der Waals surface area contributed by atoms with Crippen LogP contribution < -0.4 is 5.32 Å². The van der Waals surface area contributed by atoms with Crippen LogP contribution in [0.25, 0.3) is 0 Å². The third-order valence-corrected chi connectivity index (χ3v) is 2.53. The van der Waals surface area contributed by atoms with E-state index in [0.717, 1.165) is 0 Å². The highest BCUT2D eigenvalue weighted by molar-refractivity contribution is 4.79. The molecule has 0 spiro atoms. The molecule has 1 fully saturated rings. The summed E-state index contributed by atoms with van der Waals surface area (Å²) in [5.41, 5.74) is 0. The number of hydrogen-bond donors (Lipinski definition) is 1. The molecule has 0 aromatic rings. The van der Waals surface area contributed by atoms with Gasteiger partial charge in [0.05, 0.1) is 6.10 Å². The molecule has 1 aliphatic carbocycles. The van der Waals surface area contributed by atoms with E-state index in [9.17, 15) is 0 Å². The van der Waals surface area contributed by atoms with Gasteiger partial charge in [-0.25, -0.2) is 0 Å². The molecule has 2 heteroatoms. The van der Waals surface area contributed by atoms with Crippen LogP contribution in [0.1, 0.15) is 39.5 Å². The maximum atomic E-state index is 5.36. The van der Waals surface area contributed by atoms with Crippen molar-refractivity contribution in [3.05, 3.63) is 0 Å². The Labute approximate surface area is 75.7 Å². The summed E-state index contributed by atoms with van der Waals surface area (Å²) in [5, 5.41) is 3.57. The lowest BCUT2D eigenvalue weighted by Crippen LogP contribution is -2.40. The molecule has 2 atom stereocenters. The van der Waals surface area contributed by atoms with Crippen molar-refractivity contribution >= 4 is 0 Å². The van der Waals surface area contributed by atoms with Crippen LogP contribution in [-0.2, 0) is 4.74 Å². The number of nitrogens with one attached hydrogen (secondary N) is 1. The average molecular weight is 171 g/mol. The fraction of sp³-hybridized carbons (Fsp3) is 1.00. The monoisotopic (exact) mass is 171 g/mol. The quantitative estimate of drug-likeness (QED) is 0.700. The first-order valence-corrected chi connectivity index (χ1v) is 5.01. The summed E-state index contributed by atoms with van der Waals surface area (Å²) in [6.45, 7) is 4.41. The van der Waals surface area contributed by atoms with Crippen molar-refractivity contribution in [2.24, 2.45) is 0 Å². The fourth-order valence-corrected chi connectivity index (χ4v) is 1.98. The maximum Gasteiger partial charge on any atom is 0.0586 e. The minimum absolute atomic E-state index is 0.495. The van der Waals surface area contributed by atoms with Gasteiger partial charge in [0, 0.05) is 19.2 Å². The molecule has 0 heterocycles. The first-order valence-electron chi connectivity index (χ1n) is 5.01. The van der Waals surface area contributed by atoms with Crippen LogP contribution in [0.2, 0.25) is 0 Å². The molecular weight excluding hydrogens is 150 g/mol. The largest absolute Gasteiger partial charge is 0.381 e. The number of rotatable bonds is 3. The lowest BCUT2D eigenvalue weighted by Gasteiger charge is -2.30. The van der Waals surface area contributed by atoms with Gasteiger partial charge >= 0.3 is 0 Å². The van der Waals surface area contributed by atoms with Gasteiger partial charge in [0.15, 0.2) is 0 Å². The van der Waals surface area contributed by atoms with Crippen molar-refractivity contribution in [1.82, 2.24) is 5.32 Å². The summed E-state index contributed by atoms with van der Waals surface area (Å²) in [7, 11) is 1.82. The first kappa shape index (κ1) is 10.0. The molecule has 2 nitrogen and oxygen atoms in total. The molecule has 0 aromatic carbocycles. The van der Waals surface area contributed by atoms with Crippen molar-refractivity contribution in [1.29, 1.82) is 0 Å². The maximum absolute atomic E-state index is 5.36. The molecule has 0 unspecified atom stereocenters. The van der Waals surface area contributed by atoms with Crippen LogP contribution in [0, 0.1) is 0 Å². The molecule has 0 aliphatic heterocycles. The van der Waals surface area contributed by atoms with Crippen LogP contribution in [0.15, 0.2) is 0 Å². The standard InChI is InChI=1S/C10H21NO/c1-8(2)11-9-5-4-6-10(7-9)12-3/h8-11H,4-7H2,1-3H3/t9-,10-/m0/s1. The van der Waals surface area contributed by atoms with Gasteiger partial charge in [0.1, 0.15) is 0 Å². The normalized spacial score (nSPS) is 31.0. The Morgan fingerprint density at radius 1 is 1.33 bits per heavy atom. The van der Waals surface area contributed by atoms with E-state index >= 15 is 0 Å². The minimum Gasteiger partial charge on any atom is -0.381 e. The van der Waals surface area contributed by atoms with Gasteiger partial charge < -0.3 is 10.1 Å². The molecular formula is C10H21NO. The van der Waals surface area contributed by atoms with Gasteiger partial charge in [-0.3, -0.25) is 0 Å². The SMILES string of the molecule is CO[C@H]1CCC[C@H](NC(C)C)C1. The highest BCUT2D eigenvalue weighted by Gasteiger charge is 2.21. The molecule has 0 amide bonds. The molecule has 1 aliphatic rings. The lowest BCUT2D eigenvalue weighted by atomic mass is 9.92. The van der Waals surface area contributed by atoms with Gasteiger partial charge in [-0.1, -0.05) is 13.8 Å². The van der Waals surface area contributed by atoms with Gasteiger partial charge in [0.25, 0.3) is 0 Å². The molecule has 1 N–H and O–H groups in total.